The highest BCUT2D eigenvalue weighted by Gasteiger charge is 2.45. The highest BCUT2D eigenvalue weighted by Crippen LogP contribution is 2.40. The molecule has 0 radical (unpaired) electrons. The lowest BCUT2D eigenvalue weighted by atomic mass is 9.85. The summed E-state index contributed by atoms with van der Waals surface area (Å²) >= 11 is 0. The fraction of sp³-hybridized carbons (Fsp3) is 0.800. The van der Waals surface area contributed by atoms with Crippen molar-refractivity contribution in [1.29, 1.82) is 0 Å². The maximum Gasteiger partial charge on any atom is 0.320 e. The van der Waals surface area contributed by atoms with Gasteiger partial charge in [0.15, 0.2) is 5.82 Å². The van der Waals surface area contributed by atoms with Crippen LogP contribution in [0.5, 0.6) is 0 Å². The van der Waals surface area contributed by atoms with Gasteiger partial charge in [-0.15, -0.1) is 0 Å². The first kappa shape index (κ1) is 14.5. The van der Waals surface area contributed by atoms with Gasteiger partial charge in [-0.1, -0.05) is 24.9 Å². The van der Waals surface area contributed by atoms with Crippen LogP contribution in [-0.4, -0.2) is 38.2 Å². The van der Waals surface area contributed by atoms with E-state index in [1.54, 1.807) is 0 Å². The maximum atomic E-state index is 11.5. The van der Waals surface area contributed by atoms with Gasteiger partial charge in [-0.3, -0.25) is 9.69 Å². The molecule has 1 aliphatic heterocycles. The minimum atomic E-state index is -0.724. The molecule has 0 bridgehead atoms. The number of likely N-dealkylation sites (tertiary alicyclic amines) is 1. The smallest absolute Gasteiger partial charge is 0.320 e. The number of carboxylic acid groups (broad SMARTS) is 1. The number of carboxylic acids is 1. The Hall–Kier alpha value is -1.43. The average Bonchev–Trinajstić information content (AvgIpc) is 3.05. The summed E-state index contributed by atoms with van der Waals surface area (Å²) in [6.45, 7) is 2.54. The summed E-state index contributed by atoms with van der Waals surface area (Å²) in [4.78, 5) is 18.0. The molecule has 2 aliphatic rings. The molecule has 6 heteroatoms. The summed E-state index contributed by atoms with van der Waals surface area (Å²) in [6, 6.07) is -0.0407. The lowest BCUT2D eigenvalue weighted by molar-refractivity contribution is -0.143. The summed E-state index contributed by atoms with van der Waals surface area (Å²) in [5.74, 6) is 1.06. The van der Waals surface area contributed by atoms with E-state index < -0.39 is 12.0 Å². The molecule has 0 aromatic carbocycles. The number of hydrogen-bond acceptors (Lipinski definition) is 5. The molecule has 3 rings (SSSR count). The van der Waals surface area contributed by atoms with Gasteiger partial charge < -0.3 is 9.63 Å². The molecule has 1 N–H and O–H groups in total. The van der Waals surface area contributed by atoms with E-state index in [2.05, 4.69) is 22.0 Å². The van der Waals surface area contributed by atoms with Crippen LogP contribution in [0, 0.1) is 5.92 Å². The Morgan fingerprint density at radius 2 is 2.24 bits per heavy atom. The fourth-order valence-electron chi connectivity index (χ4n) is 3.86. The topological polar surface area (TPSA) is 79.5 Å². The molecule has 116 valence electrons. The third-order valence-corrected chi connectivity index (χ3v) is 4.81. The van der Waals surface area contributed by atoms with Gasteiger partial charge in [0.05, 0.1) is 6.54 Å². The van der Waals surface area contributed by atoms with Gasteiger partial charge in [0, 0.05) is 12.5 Å². The van der Waals surface area contributed by atoms with Crippen molar-refractivity contribution in [2.45, 2.75) is 70.5 Å². The van der Waals surface area contributed by atoms with Gasteiger partial charge in [-0.2, -0.15) is 4.98 Å². The summed E-state index contributed by atoms with van der Waals surface area (Å²) < 4.78 is 5.29. The van der Waals surface area contributed by atoms with Crippen molar-refractivity contribution in [3.63, 3.8) is 0 Å². The largest absolute Gasteiger partial charge is 0.480 e. The summed E-state index contributed by atoms with van der Waals surface area (Å²) in [5.41, 5.74) is 0. The Morgan fingerprint density at radius 3 is 3.00 bits per heavy atom. The van der Waals surface area contributed by atoms with Gasteiger partial charge in [-0.05, 0) is 31.6 Å². The number of rotatable bonds is 5. The zero-order chi connectivity index (χ0) is 14.8. The Labute approximate surface area is 124 Å². The highest BCUT2D eigenvalue weighted by atomic mass is 16.5. The predicted octanol–water partition coefficient (Wildman–Crippen LogP) is 2.24. The maximum absolute atomic E-state index is 11.5. The SMILES string of the molecule is CCCc1noc(CN2C(C(=O)O)CC3CCCCC32)n1. The van der Waals surface area contributed by atoms with E-state index in [-0.39, 0.29) is 0 Å². The second-order valence-corrected chi connectivity index (χ2v) is 6.23. The van der Waals surface area contributed by atoms with E-state index in [1.807, 2.05) is 0 Å². The van der Waals surface area contributed by atoms with Gasteiger partial charge in [0.25, 0.3) is 0 Å². The summed E-state index contributed by atoms with van der Waals surface area (Å²) in [6.07, 6.45) is 7.19. The molecule has 1 saturated carbocycles. The summed E-state index contributed by atoms with van der Waals surface area (Å²) in [5, 5.41) is 13.5. The Balaban J connectivity index is 1.74. The summed E-state index contributed by atoms with van der Waals surface area (Å²) in [7, 11) is 0. The minimum absolute atomic E-state index is 0.362. The molecule has 0 amide bonds. The fourth-order valence-corrected chi connectivity index (χ4v) is 3.86. The molecule has 3 atom stereocenters. The third kappa shape index (κ3) is 2.95. The van der Waals surface area contributed by atoms with E-state index in [9.17, 15) is 9.90 Å². The first-order chi connectivity index (χ1) is 10.2. The van der Waals surface area contributed by atoms with E-state index in [4.69, 9.17) is 4.52 Å². The molecular formula is C15H23N3O3. The lowest BCUT2D eigenvalue weighted by Crippen LogP contribution is -2.41. The van der Waals surface area contributed by atoms with Crippen molar-refractivity contribution in [2.24, 2.45) is 5.92 Å². The van der Waals surface area contributed by atoms with Crippen molar-refractivity contribution in [2.75, 3.05) is 0 Å². The van der Waals surface area contributed by atoms with Gasteiger partial charge in [-0.25, -0.2) is 0 Å². The molecule has 2 fully saturated rings. The second-order valence-electron chi connectivity index (χ2n) is 6.23. The van der Waals surface area contributed by atoms with Crippen LogP contribution < -0.4 is 0 Å². The first-order valence-corrected chi connectivity index (χ1v) is 7.99. The Bertz CT molecular complexity index is 502. The molecule has 6 nitrogen and oxygen atoms in total. The van der Waals surface area contributed by atoms with Crippen molar-refractivity contribution < 1.29 is 14.4 Å². The molecule has 1 aromatic heterocycles. The van der Waals surface area contributed by atoms with Gasteiger partial charge in [0.1, 0.15) is 6.04 Å². The molecule has 2 heterocycles. The molecule has 21 heavy (non-hydrogen) atoms. The van der Waals surface area contributed by atoms with Crippen LogP contribution in [0.25, 0.3) is 0 Å². The van der Waals surface area contributed by atoms with E-state index in [0.29, 0.717) is 24.4 Å². The zero-order valence-corrected chi connectivity index (χ0v) is 12.5. The third-order valence-electron chi connectivity index (χ3n) is 4.81. The number of nitrogens with zero attached hydrogens (tertiary/aromatic N) is 3. The van der Waals surface area contributed by atoms with Gasteiger partial charge in [0.2, 0.25) is 5.89 Å². The highest BCUT2D eigenvalue weighted by molar-refractivity contribution is 5.74. The standard InChI is InChI=1S/C15H23N3O3/c1-2-5-13-16-14(21-17-13)9-18-11-7-4-3-6-10(11)8-12(18)15(19)20/h10-12H,2-9H2,1H3,(H,19,20). The van der Waals surface area contributed by atoms with Crippen molar-refractivity contribution in [1.82, 2.24) is 15.0 Å². The molecule has 1 saturated heterocycles. The number of aryl methyl sites for hydroxylation is 1. The van der Waals surface area contributed by atoms with Crippen molar-refractivity contribution in [3.05, 3.63) is 11.7 Å². The monoisotopic (exact) mass is 293 g/mol. The van der Waals surface area contributed by atoms with E-state index in [0.717, 1.165) is 37.9 Å². The number of hydrogen-bond donors (Lipinski definition) is 1. The molecule has 3 unspecified atom stereocenters. The number of aliphatic carboxylic acids is 1. The van der Waals surface area contributed by atoms with Gasteiger partial charge >= 0.3 is 5.97 Å². The van der Waals surface area contributed by atoms with Crippen LogP contribution >= 0.6 is 0 Å². The van der Waals surface area contributed by atoms with Crippen LogP contribution in [0.15, 0.2) is 4.52 Å². The zero-order valence-electron chi connectivity index (χ0n) is 12.5. The second kappa shape index (κ2) is 6.13. The van der Waals surface area contributed by atoms with Crippen molar-refractivity contribution >= 4 is 5.97 Å². The lowest BCUT2D eigenvalue weighted by Gasteiger charge is -2.31. The van der Waals surface area contributed by atoms with E-state index in [1.165, 1.54) is 12.8 Å². The first-order valence-electron chi connectivity index (χ1n) is 7.99. The molecule has 1 aliphatic carbocycles. The minimum Gasteiger partial charge on any atom is -0.480 e. The quantitative estimate of drug-likeness (QED) is 0.897. The molecule has 1 aromatic rings. The molecule has 0 spiro atoms. The van der Waals surface area contributed by atoms with Crippen LogP contribution in [-0.2, 0) is 17.8 Å². The van der Waals surface area contributed by atoms with Crippen LogP contribution in [0.2, 0.25) is 0 Å². The number of fused-ring (bicyclic) bond motifs is 1. The normalized spacial score (nSPS) is 29.5. The Kier molecular flexibility index (Phi) is 4.24. The Morgan fingerprint density at radius 1 is 1.43 bits per heavy atom. The van der Waals surface area contributed by atoms with E-state index >= 15 is 0 Å². The van der Waals surface area contributed by atoms with Crippen LogP contribution in [0.3, 0.4) is 0 Å². The van der Waals surface area contributed by atoms with Crippen molar-refractivity contribution in [3.8, 4) is 0 Å². The van der Waals surface area contributed by atoms with Crippen LogP contribution in [0.1, 0.15) is 57.2 Å². The molecular weight excluding hydrogens is 270 g/mol. The number of aromatic nitrogens is 2. The van der Waals surface area contributed by atoms with Crippen LogP contribution in [0.4, 0.5) is 0 Å². The number of carbonyl (C=O) groups is 1. The predicted molar refractivity (Wildman–Crippen MR) is 75.6 cm³/mol. The average molecular weight is 293 g/mol.